The zero-order chi connectivity index (χ0) is 12.4. The molecule has 0 aliphatic carbocycles. The van der Waals surface area contributed by atoms with Crippen LogP contribution in [0.4, 0.5) is 0 Å². The predicted molar refractivity (Wildman–Crippen MR) is 50.2 cm³/mol. The average molecular weight is 603 g/mol. The molecule has 0 amide bonds. The molecule has 7 heteroatoms. The Labute approximate surface area is 125 Å². The number of aliphatic carboxylic acids is 2. The van der Waals surface area contributed by atoms with Gasteiger partial charge >= 0.3 is 80.5 Å². The van der Waals surface area contributed by atoms with E-state index >= 15 is 0 Å². The number of carboxylic acids is 2. The van der Waals surface area contributed by atoms with Crippen LogP contribution in [-0.4, -0.2) is 22.2 Å². The van der Waals surface area contributed by atoms with E-state index in [9.17, 15) is 0 Å². The zero-order valence-corrected chi connectivity index (χ0v) is 20.5. The second-order valence-electron chi connectivity index (χ2n) is 2.41. The van der Waals surface area contributed by atoms with Crippen LogP contribution in [0.3, 0.4) is 0 Å². The van der Waals surface area contributed by atoms with Gasteiger partial charge in [0.25, 0.3) is 11.9 Å². The van der Waals surface area contributed by atoms with Gasteiger partial charge in [-0.05, 0) is 0 Å². The van der Waals surface area contributed by atoms with Gasteiger partial charge in [0.2, 0.25) is 0 Å². The Morgan fingerprint density at radius 2 is 1.27 bits per heavy atom. The number of rotatable bonds is 0. The van der Waals surface area contributed by atoms with Crippen molar-refractivity contribution in [2.24, 2.45) is 0 Å². The summed E-state index contributed by atoms with van der Waals surface area (Å²) < 4.78 is 3.29. The number of carbonyl (C=O) groups is 2. The van der Waals surface area contributed by atoms with Gasteiger partial charge in [0, 0.05) is 13.8 Å². The minimum absolute atomic E-state index is 0.833. The summed E-state index contributed by atoms with van der Waals surface area (Å²) in [5.41, 5.74) is 0. The van der Waals surface area contributed by atoms with E-state index < -0.39 is 11.9 Å². The summed E-state index contributed by atoms with van der Waals surface area (Å²) in [5.74, 6) is -1.67. The summed E-state index contributed by atoms with van der Waals surface area (Å²) in [6.45, 7) is 2.17. The Hall–Kier alpha value is 0.510. The molecule has 0 saturated carbocycles. The van der Waals surface area contributed by atoms with E-state index in [-0.39, 0.29) is 0 Å². The Kier molecular flexibility index (Phi) is 13.1. The summed E-state index contributed by atoms with van der Waals surface area (Å²) in [5, 5.41) is 14.8. The molecule has 0 aliphatic rings. The maximum atomic E-state index is 9.00. The van der Waals surface area contributed by atoms with Crippen LogP contribution < -0.4 is 4.77 Å². The third-order valence-corrected chi connectivity index (χ3v) is 6.71. The molecular formula is C8H10Hg2O4S. The summed E-state index contributed by atoms with van der Waals surface area (Å²) in [4.78, 5) is 18.0. The van der Waals surface area contributed by atoms with Crippen molar-refractivity contribution in [1.29, 1.82) is 0 Å². The van der Waals surface area contributed by atoms with Crippen molar-refractivity contribution >= 4 is 28.0 Å². The first kappa shape index (κ1) is 17.9. The van der Waals surface area contributed by atoms with Crippen LogP contribution in [0.15, 0.2) is 12.1 Å². The van der Waals surface area contributed by atoms with Gasteiger partial charge in [0.05, 0.1) is 0 Å². The zero-order valence-electron chi connectivity index (χ0n) is 8.69. The summed E-state index contributed by atoms with van der Waals surface area (Å²) >= 11 is 3.78. The normalized spacial score (nSPS) is 7.87. The molecule has 4 nitrogen and oxygen atoms in total. The van der Waals surface area contributed by atoms with Crippen LogP contribution in [0.2, 0.25) is 0 Å². The van der Waals surface area contributed by atoms with Crippen molar-refractivity contribution in [3.8, 4) is 0 Å². The molecule has 0 aliphatic heterocycles. The van der Waals surface area contributed by atoms with Crippen LogP contribution in [0, 0.1) is 0 Å². The molecule has 0 saturated heterocycles. The molecule has 0 atom stereocenters. The van der Waals surface area contributed by atoms with E-state index in [2.05, 4.69) is 12.1 Å². The predicted octanol–water partition coefficient (Wildman–Crippen LogP) is 0.274. The van der Waals surface area contributed by atoms with Gasteiger partial charge in [0.15, 0.2) is 0 Å². The SMILES string of the molecule is CC(=O)O.CC(=O)O.[Hg][c]1cc[c]([Hg])s1. The molecule has 1 rings (SSSR count). The summed E-state index contributed by atoms with van der Waals surface area (Å²) in [7, 11) is 0. The molecular weight excluding hydrogens is 593 g/mol. The van der Waals surface area contributed by atoms with E-state index in [4.69, 9.17) is 19.8 Å². The van der Waals surface area contributed by atoms with E-state index in [1.54, 1.807) is 4.77 Å². The number of hydrogen-bond acceptors (Lipinski definition) is 3. The number of thiophene rings is 1. The van der Waals surface area contributed by atoms with E-state index in [1.807, 2.05) is 11.3 Å². The molecule has 0 unspecified atom stereocenters. The van der Waals surface area contributed by atoms with Gasteiger partial charge < -0.3 is 10.2 Å². The quantitative estimate of drug-likeness (QED) is 0.418. The fraction of sp³-hybridized carbons (Fsp3) is 0.250. The van der Waals surface area contributed by atoms with Crippen LogP contribution in [0.25, 0.3) is 0 Å². The number of carboxylic acid groups (broad SMARTS) is 2. The fourth-order valence-electron chi connectivity index (χ4n) is 0.422. The van der Waals surface area contributed by atoms with Crippen molar-refractivity contribution in [2.75, 3.05) is 0 Å². The van der Waals surface area contributed by atoms with E-state index in [0.717, 1.165) is 66.1 Å². The first-order chi connectivity index (χ1) is 6.75. The molecule has 1 heterocycles. The van der Waals surface area contributed by atoms with E-state index in [1.165, 1.54) is 0 Å². The van der Waals surface area contributed by atoms with Gasteiger partial charge in [-0.1, -0.05) is 0 Å². The van der Waals surface area contributed by atoms with Crippen molar-refractivity contribution in [2.45, 2.75) is 13.8 Å². The molecule has 0 spiro atoms. The Morgan fingerprint density at radius 3 is 1.33 bits per heavy atom. The van der Waals surface area contributed by atoms with E-state index in [0.29, 0.717) is 0 Å². The molecule has 1 aromatic heterocycles. The summed E-state index contributed by atoms with van der Waals surface area (Å²) in [6, 6.07) is 4.55. The van der Waals surface area contributed by atoms with Gasteiger partial charge in [0.1, 0.15) is 0 Å². The molecule has 2 N–H and O–H groups in total. The molecule has 0 bridgehead atoms. The summed E-state index contributed by atoms with van der Waals surface area (Å²) in [6.07, 6.45) is 0. The first-order valence-electron chi connectivity index (χ1n) is 3.88. The Bertz CT molecular complexity index is 275. The van der Waals surface area contributed by atoms with Gasteiger partial charge in [-0.15, -0.1) is 0 Å². The van der Waals surface area contributed by atoms with Crippen molar-refractivity contribution < 1.29 is 72.0 Å². The van der Waals surface area contributed by atoms with Crippen LogP contribution in [-0.2, 0) is 61.8 Å². The molecule has 15 heavy (non-hydrogen) atoms. The molecule has 0 aromatic carbocycles. The van der Waals surface area contributed by atoms with Crippen LogP contribution >= 0.6 is 11.3 Å². The average Bonchev–Trinajstić information content (AvgIpc) is 2.31. The van der Waals surface area contributed by atoms with Crippen LogP contribution in [0.5, 0.6) is 0 Å². The number of hydrogen-bond donors (Lipinski definition) is 2. The molecule has 76 valence electrons. The molecule has 0 radical (unpaired) electrons. The molecule has 0 fully saturated rings. The van der Waals surface area contributed by atoms with Crippen molar-refractivity contribution in [1.82, 2.24) is 0 Å². The Morgan fingerprint density at radius 1 is 1.07 bits per heavy atom. The minimum atomic E-state index is -0.833. The topological polar surface area (TPSA) is 74.6 Å². The molecule has 1 aromatic rings. The second-order valence-corrected chi connectivity index (χ2v) is 13.6. The van der Waals surface area contributed by atoms with Gasteiger partial charge in [-0.25, -0.2) is 0 Å². The maximum absolute atomic E-state index is 9.00. The fourth-order valence-corrected chi connectivity index (χ4v) is 15.5. The van der Waals surface area contributed by atoms with Gasteiger partial charge in [-0.3, -0.25) is 9.59 Å². The van der Waals surface area contributed by atoms with Crippen molar-refractivity contribution in [3.05, 3.63) is 12.1 Å². The Balaban J connectivity index is 0. The van der Waals surface area contributed by atoms with Gasteiger partial charge in [-0.2, -0.15) is 0 Å². The first-order valence-corrected chi connectivity index (χ1v) is 10.2. The van der Waals surface area contributed by atoms with Crippen LogP contribution in [0.1, 0.15) is 13.8 Å². The third-order valence-electron chi connectivity index (χ3n) is 0.717. The third kappa shape index (κ3) is 25.1. The van der Waals surface area contributed by atoms with Crippen molar-refractivity contribution in [3.63, 3.8) is 0 Å². The standard InChI is InChI=1S/C4H2S.2C2H4O2.2Hg/c1-2-4-5-3-1;2*1-2(3)4;;/h1-2H;2*1H3,(H,3,4);;. The monoisotopic (exact) mass is 606 g/mol. The second kappa shape index (κ2) is 11.0.